The zero-order valence-corrected chi connectivity index (χ0v) is 16.2. The molecule has 0 aliphatic carbocycles. The number of carbonyl (C=O) groups is 1. The third kappa shape index (κ3) is 5.09. The van der Waals surface area contributed by atoms with Crippen LogP contribution in [0.15, 0.2) is 42.5 Å². The van der Waals surface area contributed by atoms with E-state index in [4.69, 9.17) is 5.73 Å². The highest BCUT2D eigenvalue weighted by Gasteiger charge is 2.26. The van der Waals surface area contributed by atoms with Crippen molar-refractivity contribution in [2.75, 3.05) is 18.1 Å². The smallest absolute Gasteiger partial charge is 0.150 e. The van der Waals surface area contributed by atoms with E-state index in [1.54, 1.807) is 0 Å². The highest BCUT2D eigenvalue weighted by atomic mass is 16.1. The predicted molar refractivity (Wildman–Crippen MR) is 110 cm³/mol. The van der Waals surface area contributed by atoms with Gasteiger partial charge >= 0.3 is 0 Å². The first-order valence-corrected chi connectivity index (χ1v) is 9.06. The summed E-state index contributed by atoms with van der Waals surface area (Å²) >= 11 is 0. The van der Waals surface area contributed by atoms with Crippen LogP contribution < -0.4 is 11.1 Å². The van der Waals surface area contributed by atoms with Gasteiger partial charge < -0.3 is 11.1 Å². The number of aldehydes is 1. The first-order chi connectivity index (χ1) is 12.0. The van der Waals surface area contributed by atoms with Crippen LogP contribution in [-0.2, 0) is 5.41 Å². The van der Waals surface area contributed by atoms with Crippen molar-refractivity contribution in [1.82, 2.24) is 0 Å². The summed E-state index contributed by atoms with van der Waals surface area (Å²) in [5.41, 5.74) is 10.9. The summed E-state index contributed by atoms with van der Waals surface area (Å²) < 4.78 is 0. The van der Waals surface area contributed by atoms with E-state index in [2.05, 4.69) is 38.2 Å². The molecule has 0 saturated heterocycles. The maximum atomic E-state index is 10.8. The lowest BCUT2D eigenvalue weighted by Crippen LogP contribution is -2.23. The van der Waals surface area contributed by atoms with Gasteiger partial charge in [-0.05, 0) is 54.9 Å². The molecule has 3 nitrogen and oxygen atoms in total. The number of para-hydroxylation sites is 2. The zero-order valence-electron chi connectivity index (χ0n) is 16.2. The normalized spacial score (nSPS) is 10.6. The average Bonchev–Trinajstić information content (AvgIpc) is 2.65. The van der Waals surface area contributed by atoms with E-state index in [1.807, 2.05) is 44.3 Å². The molecule has 2 aromatic rings. The minimum Gasteiger partial charge on any atom is -0.397 e. The van der Waals surface area contributed by atoms with Gasteiger partial charge in [-0.25, -0.2) is 0 Å². The molecule has 0 amide bonds. The van der Waals surface area contributed by atoms with E-state index in [0.29, 0.717) is 0 Å². The first kappa shape index (κ1) is 20.8. The summed E-state index contributed by atoms with van der Waals surface area (Å²) in [5.74, 6) is 0. The largest absolute Gasteiger partial charge is 0.397 e. The molecule has 0 heterocycles. The summed E-state index contributed by atoms with van der Waals surface area (Å²) in [4.78, 5) is 10.8. The number of nitrogen functional groups attached to an aromatic ring is 1. The Labute approximate surface area is 152 Å². The Balaban J connectivity index is 0.000000293. The Hall–Kier alpha value is -2.29. The van der Waals surface area contributed by atoms with Crippen LogP contribution in [0.2, 0.25) is 0 Å². The molecule has 2 aromatic carbocycles. The van der Waals surface area contributed by atoms with Gasteiger partial charge in [-0.1, -0.05) is 51.1 Å². The van der Waals surface area contributed by atoms with Gasteiger partial charge in [0.05, 0.1) is 11.4 Å². The topological polar surface area (TPSA) is 55.1 Å². The summed E-state index contributed by atoms with van der Waals surface area (Å²) in [6.07, 6.45) is 4.39. The Morgan fingerprint density at radius 3 is 2.04 bits per heavy atom. The maximum Gasteiger partial charge on any atom is 0.150 e. The van der Waals surface area contributed by atoms with Crippen LogP contribution in [0, 0.1) is 6.92 Å². The molecule has 0 saturated carbocycles. The van der Waals surface area contributed by atoms with Crippen molar-refractivity contribution in [2.24, 2.45) is 0 Å². The molecule has 25 heavy (non-hydrogen) atoms. The molecule has 0 aliphatic rings. The number of benzene rings is 2. The maximum absolute atomic E-state index is 10.8. The van der Waals surface area contributed by atoms with E-state index in [1.165, 1.54) is 5.56 Å². The van der Waals surface area contributed by atoms with E-state index in [9.17, 15) is 4.79 Å². The van der Waals surface area contributed by atoms with Crippen molar-refractivity contribution in [3.05, 3.63) is 59.2 Å². The first-order valence-electron chi connectivity index (χ1n) is 9.06. The second-order valence-corrected chi connectivity index (χ2v) is 6.37. The van der Waals surface area contributed by atoms with Crippen LogP contribution in [0.5, 0.6) is 0 Å². The van der Waals surface area contributed by atoms with Gasteiger partial charge in [-0.3, -0.25) is 4.79 Å². The molecule has 0 radical (unpaired) electrons. The van der Waals surface area contributed by atoms with Gasteiger partial charge in [0.2, 0.25) is 0 Å². The molecule has 0 aliphatic heterocycles. The second kappa shape index (κ2) is 9.87. The molecule has 0 aromatic heterocycles. The molecule has 3 N–H and O–H groups in total. The van der Waals surface area contributed by atoms with Crippen LogP contribution >= 0.6 is 0 Å². The van der Waals surface area contributed by atoms with Crippen molar-refractivity contribution in [1.29, 1.82) is 0 Å². The van der Waals surface area contributed by atoms with E-state index >= 15 is 0 Å². The molecular weight excluding hydrogens is 308 g/mol. The number of carbonyl (C=O) groups excluding carboxylic acids is 1. The monoisotopic (exact) mass is 340 g/mol. The number of hydrogen-bond acceptors (Lipinski definition) is 3. The van der Waals surface area contributed by atoms with Gasteiger partial charge in [0.15, 0.2) is 0 Å². The minimum atomic E-state index is 0.284. The number of hydrogen-bond donors (Lipinski definition) is 2. The number of aryl methyl sites for hydroxylation is 1. The zero-order chi connectivity index (χ0) is 18.9. The summed E-state index contributed by atoms with van der Waals surface area (Å²) in [6, 6.07) is 13.9. The Bertz CT molecular complexity index is 667. The quantitative estimate of drug-likeness (QED) is 0.532. The molecule has 0 bridgehead atoms. The lowest BCUT2D eigenvalue weighted by atomic mass is 9.73. The van der Waals surface area contributed by atoms with Gasteiger partial charge in [0, 0.05) is 12.6 Å². The Morgan fingerprint density at radius 2 is 1.64 bits per heavy atom. The third-order valence-electron chi connectivity index (χ3n) is 5.27. The van der Waals surface area contributed by atoms with Gasteiger partial charge in [0.1, 0.15) is 6.29 Å². The molecule has 0 unspecified atom stereocenters. The summed E-state index contributed by atoms with van der Waals surface area (Å²) in [6.45, 7) is 8.75. The summed E-state index contributed by atoms with van der Waals surface area (Å²) in [7, 11) is 1.85. The number of nitrogens with two attached hydrogens (primary N) is 1. The number of rotatable bonds is 6. The molecule has 0 spiro atoms. The van der Waals surface area contributed by atoms with Gasteiger partial charge in [-0.15, -0.1) is 0 Å². The van der Waals surface area contributed by atoms with Crippen molar-refractivity contribution in [3.63, 3.8) is 0 Å². The van der Waals surface area contributed by atoms with Gasteiger partial charge in [0.25, 0.3) is 0 Å². The minimum absolute atomic E-state index is 0.284. The predicted octanol–water partition coefficient (Wildman–Crippen LogP) is 5.59. The lowest BCUT2D eigenvalue weighted by Gasteiger charge is -2.31. The number of anilines is 2. The highest BCUT2D eigenvalue weighted by Crippen LogP contribution is 2.35. The molecular formula is C22H32N2O. The molecule has 0 atom stereocenters. The van der Waals surface area contributed by atoms with Gasteiger partial charge in [-0.2, -0.15) is 0 Å². The van der Waals surface area contributed by atoms with Crippen molar-refractivity contribution >= 4 is 17.7 Å². The van der Waals surface area contributed by atoms with Crippen LogP contribution in [0.3, 0.4) is 0 Å². The highest BCUT2D eigenvalue weighted by molar-refractivity contribution is 5.77. The van der Waals surface area contributed by atoms with Crippen molar-refractivity contribution in [2.45, 2.75) is 52.4 Å². The third-order valence-corrected chi connectivity index (χ3v) is 5.27. The Morgan fingerprint density at radius 1 is 1.04 bits per heavy atom. The second-order valence-electron chi connectivity index (χ2n) is 6.37. The van der Waals surface area contributed by atoms with Crippen molar-refractivity contribution in [3.8, 4) is 0 Å². The van der Waals surface area contributed by atoms with E-state index in [-0.39, 0.29) is 5.41 Å². The number of nitrogens with one attached hydrogen (secondary N) is 1. The fraction of sp³-hybridized carbons (Fsp3) is 0.409. The van der Waals surface area contributed by atoms with Crippen LogP contribution in [0.4, 0.5) is 11.4 Å². The van der Waals surface area contributed by atoms with Crippen molar-refractivity contribution < 1.29 is 4.79 Å². The van der Waals surface area contributed by atoms with Crippen LogP contribution in [0.1, 0.15) is 61.5 Å². The molecule has 0 fully saturated rings. The van der Waals surface area contributed by atoms with E-state index in [0.717, 1.165) is 48.1 Å². The molecule has 136 valence electrons. The molecule has 3 heteroatoms. The van der Waals surface area contributed by atoms with E-state index < -0.39 is 0 Å². The standard InChI is InChI=1S/C15H22O.C7H10N2/c1-5-15(6-2,7-3)14-9-8-13(11-16)12(4)10-14;1-9-7-5-3-2-4-6(7)8/h8-11H,5-7H2,1-4H3;2-5,9H,8H2,1H3. The average molecular weight is 341 g/mol. The Kier molecular flexibility index (Phi) is 8.20. The fourth-order valence-electron chi connectivity index (χ4n) is 3.22. The van der Waals surface area contributed by atoms with Crippen LogP contribution in [-0.4, -0.2) is 13.3 Å². The SMILES string of the molecule is CCC(CC)(CC)c1ccc(C=O)c(C)c1.CNc1ccccc1N. The lowest BCUT2D eigenvalue weighted by molar-refractivity contribution is 0.112. The summed E-state index contributed by atoms with van der Waals surface area (Å²) in [5, 5.41) is 2.97. The van der Waals surface area contributed by atoms with Crippen LogP contribution in [0.25, 0.3) is 0 Å². The fourth-order valence-corrected chi connectivity index (χ4v) is 3.22. The molecule has 2 rings (SSSR count).